The van der Waals surface area contributed by atoms with Crippen LogP contribution < -0.4 is 10.0 Å². The molecule has 160 valence electrons. The highest BCUT2D eigenvalue weighted by Crippen LogP contribution is 2.35. The quantitative estimate of drug-likeness (QED) is 0.683. The van der Waals surface area contributed by atoms with Gasteiger partial charge in [-0.25, -0.2) is 13.4 Å². The topological polar surface area (TPSA) is 92.7 Å². The molecule has 2 aliphatic rings. The van der Waals surface area contributed by atoms with Crippen molar-refractivity contribution in [3.05, 3.63) is 45.9 Å². The Hall–Kier alpha value is -1.39. The van der Waals surface area contributed by atoms with Gasteiger partial charge in [0.25, 0.3) is 0 Å². The number of piperidine rings is 1. The fourth-order valence-electron chi connectivity index (χ4n) is 3.44. The highest BCUT2D eigenvalue weighted by molar-refractivity contribution is 7.92. The number of para-hydroxylation sites is 1. The fourth-order valence-corrected chi connectivity index (χ4v) is 5.03. The van der Waals surface area contributed by atoms with Crippen LogP contribution >= 0.6 is 36.2 Å². The van der Waals surface area contributed by atoms with E-state index in [0.29, 0.717) is 18.0 Å². The van der Waals surface area contributed by atoms with Crippen LogP contribution in [0.15, 0.2) is 34.8 Å². The van der Waals surface area contributed by atoms with Crippen molar-refractivity contribution in [2.24, 2.45) is 5.16 Å². The molecule has 1 saturated heterocycles. The summed E-state index contributed by atoms with van der Waals surface area (Å²) in [5, 5.41) is 10.8. The van der Waals surface area contributed by atoms with Gasteiger partial charge < -0.3 is 10.2 Å². The molecule has 0 saturated carbocycles. The molecule has 29 heavy (non-hydrogen) atoms. The molecule has 2 aromatic rings. The largest absolute Gasteiger partial charge is 0.387 e. The minimum absolute atomic E-state index is 0. The van der Waals surface area contributed by atoms with Crippen LogP contribution in [0, 0.1) is 0 Å². The van der Waals surface area contributed by atoms with E-state index in [-0.39, 0.29) is 30.9 Å². The summed E-state index contributed by atoms with van der Waals surface area (Å²) in [5.74, 6) is 0.517. The zero-order valence-corrected chi connectivity index (χ0v) is 19.1. The number of halogens is 2. The summed E-state index contributed by atoms with van der Waals surface area (Å²) >= 11 is 1.68. The highest BCUT2D eigenvalue weighted by Gasteiger charge is 2.28. The van der Waals surface area contributed by atoms with Crippen LogP contribution in [-0.4, -0.2) is 38.5 Å². The van der Waals surface area contributed by atoms with Gasteiger partial charge in [0.2, 0.25) is 10.0 Å². The van der Waals surface area contributed by atoms with E-state index >= 15 is 0 Å². The number of hydrogen-bond acceptors (Lipinski definition) is 7. The number of oxime groups is 1. The van der Waals surface area contributed by atoms with Crippen LogP contribution in [-0.2, 0) is 14.9 Å². The van der Waals surface area contributed by atoms with Crippen molar-refractivity contribution in [3.63, 3.8) is 0 Å². The Labute approximate surface area is 187 Å². The van der Waals surface area contributed by atoms with Crippen molar-refractivity contribution in [3.8, 4) is 0 Å². The van der Waals surface area contributed by atoms with Gasteiger partial charge in [0.1, 0.15) is 5.71 Å². The zero-order chi connectivity index (χ0) is 18.9. The Morgan fingerprint density at radius 1 is 1.21 bits per heavy atom. The molecule has 3 heterocycles. The summed E-state index contributed by atoms with van der Waals surface area (Å²) in [6, 6.07) is 7.25. The second kappa shape index (κ2) is 10.1. The SMILES string of the molecule is CS(=O)(=O)Nc1ccccc1C1CC(c2csc(C3CCNCC3)n2)=NO1.Cl.Cl. The lowest BCUT2D eigenvalue weighted by atomic mass is 9.99. The monoisotopic (exact) mass is 478 g/mol. The first-order valence-corrected chi connectivity index (χ1v) is 11.7. The minimum atomic E-state index is -3.36. The van der Waals surface area contributed by atoms with Crippen LogP contribution in [0.25, 0.3) is 0 Å². The van der Waals surface area contributed by atoms with Gasteiger partial charge in [0.15, 0.2) is 6.10 Å². The molecule has 0 spiro atoms. The molecule has 1 aromatic carbocycles. The lowest BCUT2D eigenvalue weighted by molar-refractivity contribution is 0.0862. The summed E-state index contributed by atoms with van der Waals surface area (Å²) in [4.78, 5) is 10.4. The van der Waals surface area contributed by atoms with Gasteiger partial charge in [-0.3, -0.25) is 4.72 Å². The fraction of sp³-hybridized carbons (Fsp3) is 0.444. The van der Waals surface area contributed by atoms with E-state index in [1.165, 1.54) is 0 Å². The number of aromatic nitrogens is 1. The molecule has 4 rings (SSSR count). The Morgan fingerprint density at radius 2 is 1.93 bits per heavy atom. The number of sulfonamides is 1. The smallest absolute Gasteiger partial charge is 0.229 e. The van der Waals surface area contributed by atoms with Gasteiger partial charge in [0.05, 0.1) is 22.6 Å². The van der Waals surface area contributed by atoms with E-state index in [9.17, 15) is 8.42 Å². The van der Waals surface area contributed by atoms with Crippen LogP contribution in [0.5, 0.6) is 0 Å². The maximum Gasteiger partial charge on any atom is 0.229 e. The van der Waals surface area contributed by atoms with Crippen molar-refractivity contribution in [1.29, 1.82) is 0 Å². The molecule has 2 N–H and O–H groups in total. The Balaban J connectivity index is 0.00000150. The second-order valence-corrected chi connectivity index (χ2v) is 9.53. The number of nitrogens with zero attached hydrogens (tertiary/aromatic N) is 2. The Morgan fingerprint density at radius 3 is 2.66 bits per heavy atom. The molecule has 1 atom stereocenters. The molecule has 0 radical (unpaired) electrons. The number of anilines is 1. The summed E-state index contributed by atoms with van der Waals surface area (Å²) in [6.45, 7) is 2.08. The van der Waals surface area contributed by atoms with Crippen LogP contribution in [0.4, 0.5) is 5.69 Å². The molecule has 2 aliphatic heterocycles. The Bertz CT molecular complexity index is 960. The maximum atomic E-state index is 11.6. The number of hydrogen-bond donors (Lipinski definition) is 2. The van der Waals surface area contributed by atoms with Crippen molar-refractivity contribution >= 4 is 57.6 Å². The minimum Gasteiger partial charge on any atom is -0.387 e. The molecule has 1 fully saturated rings. The standard InChI is InChI=1S/C18H22N4O3S2.2ClH/c1-27(23,24)22-14-5-3-2-4-13(14)17-10-15(21-25-17)16-11-26-18(20-16)12-6-8-19-9-7-12;;/h2-5,11-12,17,19,22H,6-10H2,1H3;2*1H. The van der Waals surface area contributed by atoms with Gasteiger partial charge in [-0.15, -0.1) is 36.2 Å². The van der Waals surface area contributed by atoms with Gasteiger partial charge in [-0.05, 0) is 32.0 Å². The first-order valence-electron chi connectivity index (χ1n) is 8.95. The third-order valence-electron chi connectivity index (χ3n) is 4.78. The van der Waals surface area contributed by atoms with Crippen LogP contribution in [0.2, 0.25) is 0 Å². The Kier molecular flexibility index (Phi) is 8.30. The number of rotatable bonds is 5. The van der Waals surface area contributed by atoms with Gasteiger partial charge >= 0.3 is 0 Å². The van der Waals surface area contributed by atoms with E-state index < -0.39 is 10.0 Å². The van der Waals surface area contributed by atoms with E-state index in [1.807, 2.05) is 17.5 Å². The highest BCUT2D eigenvalue weighted by atomic mass is 35.5. The van der Waals surface area contributed by atoms with Crippen molar-refractivity contribution in [2.45, 2.75) is 31.3 Å². The second-order valence-electron chi connectivity index (χ2n) is 6.89. The first-order chi connectivity index (χ1) is 13.0. The maximum absolute atomic E-state index is 11.6. The predicted molar refractivity (Wildman–Crippen MR) is 121 cm³/mol. The number of benzene rings is 1. The lowest BCUT2D eigenvalue weighted by Crippen LogP contribution is -2.26. The first kappa shape index (κ1) is 23.9. The summed E-state index contributed by atoms with van der Waals surface area (Å²) in [7, 11) is -3.36. The molecular formula is C18H24Cl2N4O3S2. The normalized spacial score (nSPS) is 19.5. The van der Waals surface area contributed by atoms with Crippen molar-refractivity contribution in [1.82, 2.24) is 10.3 Å². The van der Waals surface area contributed by atoms with Gasteiger partial charge in [-0.1, -0.05) is 23.4 Å². The molecule has 1 unspecified atom stereocenters. The van der Waals surface area contributed by atoms with Gasteiger partial charge in [0, 0.05) is 23.3 Å². The average Bonchev–Trinajstić information content (AvgIpc) is 3.31. The number of thiazole rings is 1. The van der Waals surface area contributed by atoms with Gasteiger partial charge in [-0.2, -0.15) is 0 Å². The molecule has 1 aromatic heterocycles. The van der Waals surface area contributed by atoms with Crippen LogP contribution in [0.3, 0.4) is 0 Å². The van der Waals surface area contributed by atoms with E-state index in [1.54, 1.807) is 23.5 Å². The van der Waals surface area contributed by atoms with E-state index in [2.05, 4.69) is 15.2 Å². The van der Waals surface area contributed by atoms with Crippen LogP contribution in [0.1, 0.15) is 47.5 Å². The summed E-state index contributed by atoms with van der Waals surface area (Å²) in [5.41, 5.74) is 2.97. The molecule has 0 bridgehead atoms. The molecule has 7 nitrogen and oxygen atoms in total. The van der Waals surface area contributed by atoms with Crippen molar-refractivity contribution < 1.29 is 13.3 Å². The lowest BCUT2D eigenvalue weighted by Gasteiger charge is -2.20. The zero-order valence-electron chi connectivity index (χ0n) is 15.8. The average molecular weight is 479 g/mol. The molecule has 11 heteroatoms. The van der Waals surface area contributed by atoms with Crippen molar-refractivity contribution in [2.75, 3.05) is 24.1 Å². The van der Waals surface area contributed by atoms with E-state index in [4.69, 9.17) is 9.82 Å². The third-order valence-corrected chi connectivity index (χ3v) is 6.38. The number of nitrogens with one attached hydrogen (secondary N) is 2. The summed E-state index contributed by atoms with van der Waals surface area (Å²) < 4.78 is 25.8. The summed E-state index contributed by atoms with van der Waals surface area (Å²) in [6.07, 6.45) is 3.61. The molecule has 0 amide bonds. The molecular weight excluding hydrogens is 455 g/mol. The molecule has 0 aliphatic carbocycles. The predicted octanol–water partition coefficient (Wildman–Crippen LogP) is 3.69. The third kappa shape index (κ3) is 5.82. The van der Waals surface area contributed by atoms with E-state index in [0.717, 1.165) is 54.2 Å².